The van der Waals surface area contributed by atoms with Gasteiger partial charge in [-0.05, 0) is 25.7 Å². The number of carbonyl (C=O) groups excluding carboxylic acids is 1. The van der Waals surface area contributed by atoms with Crippen molar-refractivity contribution in [3.63, 3.8) is 0 Å². The van der Waals surface area contributed by atoms with Crippen LogP contribution in [0.5, 0.6) is 0 Å². The van der Waals surface area contributed by atoms with Gasteiger partial charge in [-0.3, -0.25) is 4.79 Å². The van der Waals surface area contributed by atoms with Crippen LogP contribution >= 0.6 is 0 Å². The molecule has 1 amide bonds. The largest absolute Gasteiger partial charge is 0.396 e. The van der Waals surface area contributed by atoms with Crippen molar-refractivity contribution in [2.24, 2.45) is 0 Å². The number of likely N-dealkylation sites (tertiary alicyclic amines) is 1. The second kappa shape index (κ2) is 9.30. The molecule has 1 saturated heterocycles. The fourth-order valence-electron chi connectivity index (χ4n) is 2.33. The zero-order valence-electron chi connectivity index (χ0n) is 11.2. The first kappa shape index (κ1) is 15.4. The van der Waals surface area contributed by atoms with Gasteiger partial charge in [0.2, 0.25) is 5.91 Å². The van der Waals surface area contributed by atoms with Crippen molar-refractivity contribution in [3.8, 4) is 0 Å². The Morgan fingerprint density at radius 1 is 1.00 bits per heavy atom. The zero-order valence-corrected chi connectivity index (χ0v) is 11.2. The van der Waals surface area contributed by atoms with E-state index in [0.29, 0.717) is 25.9 Å². The Bertz CT molecular complexity index is 230. The van der Waals surface area contributed by atoms with Gasteiger partial charge in [0.1, 0.15) is 0 Å². The van der Waals surface area contributed by atoms with Gasteiger partial charge < -0.3 is 20.0 Å². The van der Waals surface area contributed by atoms with E-state index in [1.807, 2.05) is 9.80 Å². The minimum Gasteiger partial charge on any atom is -0.396 e. The van der Waals surface area contributed by atoms with Crippen molar-refractivity contribution in [1.82, 2.24) is 9.80 Å². The van der Waals surface area contributed by atoms with Crippen LogP contribution in [0.2, 0.25) is 0 Å². The lowest BCUT2D eigenvalue weighted by Gasteiger charge is -2.28. The summed E-state index contributed by atoms with van der Waals surface area (Å²) in [4.78, 5) is 16.0. The van der Waals surface area contributed by atoms with E-state index in [0.717, 1.165) is 32.5 Å². The highest BCUT2D eigenvalue weighted by Gasteiger charge is 2.17. The van der Waals surface area contributed by atoms with E-state index in [9.17, 15) is 4.79 Å². The Morgan fingerprint density at radius 2 is 1.72 bits per heavy atom. The van der Waals surface area contributed by atoms with Crippen LogP contribution in [0.4, 0.5) is 0 Å². The molecule has 18 heavy (non-hydrogen) atoms. The molecule has 106 valence electrons. The Hall–Kier alpha value is -0.650. The first-order valence-electron chi connectivity index (χ1n) is 6.99. The maximum absolute atomic E-state index is 12.0. The summed E-state index contributed by atoms with van der Waals surface area (Å²) in [5, 5.41) is 17.8. The van der Waals surface area contributed by atoms with E-state index < -0.39 is 0 Å². The molecular weight excluding hydrogens is 232 g/mol. The molecule has 1 aliphatic heterocycles. The maximum Gasteiger partial charge on any atom is 0.223 e. The van der Waals surface area contributed by atoms with Crippen molar-refractivity contribution in [1.29, 1.82) is 0 Å². The van der Waals surface area contributed by atoms with Crippen LogP contribution < -0.4 is 0 Å². The minimum atomic E-state index is 0.101. The topological polar surface area (TPSA) is 64.0 Å². The third kappa shape index (κ3) is 5.80. The Kier molecular flexibility index (Phi) is 7.96. The number of aliphatic hydroxyl groups is 2. The van der Waals surface area contributed by atoms with Crippen LogP contribution in [0.1, 0.15) is 32.1 Å². The van der Waals surface area contributed by atoms with E-state index in [4.69, 9.17) is 10.2 Å². The lowest BCUT2D eigenvalue weighted by molar-refractivity contribution is -0.132. The van der Waals surface area contributed by atoms with Crippen LogP contribution in [0.3, 0.4) is 0 Å². The third-order valence-electron chi connectivity index (χ3n) is 3.40. The summed E-state index contributed by atoms with van der Waals surface area (Å²) in [7, 11) is 0. The molecule has 0 aliphatic carbocycles. The molecule has 0 bridgehead atoms. The first-order chi connectivity index (χ1) is 8.77. The number of hydrogen-bond acceptors (Lipinski definition) is 4. The monoisotopic (exact) mass is 258 g/mol. The van der Waals surface area contributed by atoms with Crippen LogP contribution in [-0.2, 0) is 4.79 Å². The fourth-order valence-corrected chi connectivity index (χ4v) is 2.33. The summed E-state index contributed by atoms with van der Waals surface area (Å²) in [6, 6.07) is 0. The van der Waals surface area contributed by atoms with Crippen molar-refractivity contribution < 1.29 is 15.0 Å². The SMILES string of the molecule is O=C(CCN(CCO)CCCO)N1CCCCC1. The number of hydrogen-bond donors (Lipinski definition) is 2. The van der Waals surface area contributed by atoms with Gasteiger partial charge in [-0.2, -0.15) is 0 Å². The van der Waals surface area contributed by atoms with Gasteiger partial charge in [0.25, 0.3) is 0 Å². The van der Waals surface area contributed by atoms with Crippen molar-refractivity contribution in [2.75, 3.05) is 45.9 Å². The molecule has 0 spiro atoms. The molecule has 5 nitrogen and oxygen atoms in total. The summed E-state index contributed by atoms with van der Waals surface area (Å²) in [5.41, 5.74) is 0. The molecule has 2 N–H and O–H groups in total. The summed E-state index contributed by atoms with van der Waals surface area (Å²) in [6.45, 7) is 4.05. The fraction of sp³-hybridized carbons (Fsp3) is 0.923. The van der Waals surface area contributed by atoms with Crippen LogP contribution in [0.25, 0.3) is 0 Å². The quantitative estimate of drug-likeness (QED) is 0.646. The van der Waals surface area contributed by atoms with Gasteiger partial charge in [0.05, 0.1) is 6.61 Å². The number of aliphatic hydroxyl groups excluding tert-OH is 2. The highest BCUT2D eigenvalue weighted by atomic mass is 16.3. The maximum atomic E-state index is 12.0. The van der Waals surface area contributed by atoms with Crippen molar-refractivity contribution >= 4 is 5.91 Å². The highest BCUT2D eigenvalue weighted by molar-refractivity contribution is 5.76. The standard InChI is InChI=1S/C13H26N2O3/c16-11-4-6-14(10-12-17)9-5-13(18)15-7-2-1-3-8-15/h16-17H,1-12H2. The summed E-state index contributed by atoms with van der Waals surface area (Å²) >= 11 is 0. The molecule has 0 aromatic carbocycles. The summed E-state index contributed by atoms with van der Waals surface area (Å²) in [6.07, 6.45) is 4.69. The molecule has 0 aromatic rings. The number of nitrogens with zero attached hydrogens (tertiary/aromatic N) is 2. The van der Waals surface area contributed by atoms with E-state index in [1.54, 1.807) is 0 Å². The van der Waals surface area contributed by atoms with Crippen molar-refractivity contribution in [2.45, 2.75) is 32.1 Å². The molecule has 1 aliphatic rings. The predicted octanol–water partition coefficient (Wildman–Crippen LogP) is 0.0657. The molecule has 0 saturated carbocycles. The first-order valence-corrected chi connectivity index (χ1v) is 6.99. The average molecular weight is 258 g/mol. The van der Waals surface area contributed by atoms with E-state index >= 15 is 0 Å². The van der Waals surface area contributed by atoms with Crippen LogP contribution in [-0.4, -0.2) is 71.9 Å². The van der Waals surface area contributed by atoms with E-state index in [1.165, 1.54) is 6.42 Å². The second-order valence-electron chi connectivity index (χ2n) is 4.83. The van der Waals surface area contributed by atoms with Gasteiger partial charge in [0, 0.05) is 45.8 Å². The summed E-state index contributed by atoms with van der Waals surface area (Å²) in [5.74, 6) is 0.224. The van der Waals surface area contributed by atoms with Gasteiger partial charge in [-0.1, -0.05) is 0 Å². The van der Waals surface area contributed by atoms with Gasteiger partial charge >= 0.3 is 0 Å². The molecule has 1 heterocycles. The number of piperidine rings is 1. The summed E-state index contributed by atoms with van der Waals surface area (Å²) < 4.78 is 0. The smallest absolute Gasteiger partial charge is 0.223 e. The van der Waals surface area contributed by atoms with Gasteiger partial charge in [0.15, 0.2) is 0 Å². The minimum absolute atomic E-state index is 0.101. The normalized spacial score (nSPS) is 16.3. The van der Waals surface area contributed by atoms with Gasteiger partial charge in [-0.15, -0.1) is 0 Å². The van der Waals surface area contributed by atoms with Crippen LogP contribution in [0, 0.1) is 0 Å². The lowest BCUT2D eigenvalue weighted by Crippen LogP contribution is -2.38. The van der Waals surface area contributed by atoms with Crippen LogP contribution in [0.15, 0.2) is 0 Å². The second-order valence-corrected chi connectivity index (χ2v) is 4.83. The molecular formula is C13H26N2O3. The number of carbonyl (C=O) groups is 1. The number of amides is 1. The van der Waals surface area contributed by atoms with Crippen molar-refractivity contribution in [3.05, 3.63) is 0 Å². The molecule has 1 rings (SSSR count). The van der Waals surface area contributed by atoms with E-state index in [-0.39, 0.29) is 19.1 Å². The zero-order chi connectivity index (χ0) is 13.2. The molecule has 0 unspecified atom stereocenters. The number of rotatable bonds is 8. The van der Waals surface area contributed by atoms with E-state index in [2.05, 4.69) is 0 Å². The lowest BCUT2D eigenvalue weighted by atomic mass is 10.1. The van der Waals surface area contributed by atoms with Gasteiger partial charge in [-0.25, -0.2) is 0 Å². The Morgan fingerprint density at radius 3 is 2.33 bits per heavy atom. The molecule has 0 aromatic heterocycles. The Balaban J connectivity index is 2.24. The predicted molar refractivity (Wildman–Crippen MR) is 70.3 cm³/mol. The average Bonchev–Trinajstić information content (AvgIpc) is 2.42. The molecule has 1 fully saturated rings. The molecule has 0 radical (unpaired) electrons. The highest BCUT2D eigenvalue weighted by Crippen LogP contribution is 2.10. The Labute approximate surface area is 109 Å². The molecule has 5 heteroatoms. The molecule has 0 atom stereocenters. The third-order valence-corrected chi connectivity index (χ3v) is 3.40.